The van der Waals surface area contributed by atoms with Crippen molar-refractivity contribution in [2.45, 2.75) is 45.1 Å². The first kappa shape index (κ1) is 19.0. The number of hydrogen-bond acceptors (Lipinski definition) is 4. The number of nitrogens with one attached hydrogen (secondary N) is 1. The van der Waals surface area contributed by atoms with Gasteiger partial charge in [-0.1, -0.05) is 33.8 Å². The van der Waals surface area contributed by atoms with Gasteiger partial charge in [-0.25, -0.2) is 13.2 Å². The number of benzene rings is 1. The topological polar surface area (TPSA) is 101 Å². The largest absolute Gasteiger partial charge is 0.478 e. The minimum atomic E-state index is -3.93. The van der Waals surface area contributed by atoms with Crippen LogP contribution < -0.4 is 4.72 Å². The van der Waals surface area contributed by atoms with Crippen LogP contribution in [0.2, 0.25) is 0 Å². The zero-order valence-corrected chi connectivity index (χ0v) is 15.5. The van der Waals surface area contributed by atoms with Gasteiger partial charge >= 0.3 is 5.97 Å². The third-order valence-electron chi connectivity index (χ3n) is 3.61. The second-order valence-electron chi connectivity index (χ2n) is 6.66. The van der Waals surface area contributed by atoms with E-state index in [1.165, 1.54) is 18.3 Å². The molecule has 0 saturated carbocycles. The number of rotatable bonds is 7. The fourth-order valence-electron chi connectivity index (χ4n) is 2.48. The van der Waals surface area contributed by atoms with Gasteiger partial charge in [0.1, 0.15) is 0 Å². The predicted molar refractivity (Wildman–Crippen MR) is 95.4 cm³/mol. The molecule has 136 valence electrons. The van der Waals surface area contributed by atoms with Crippen LogP contribution in [0.25, 0.3) is 0 Å². The maximum Gasteiger partial charge on any atom is 0.335 e. The quantitative estimate of drug-likeness (QED) is 0.785. The Morgan fingerprint density at radius 1 is 1.28 bits per heavy atom. The highest BCUT2D eigenvalue weighted by Crippen LogP contribution is 2.27. The molecule has 0 saturated heterocycles. The Balaban J connectivity index is 2.39. The zero-order chi connectivity index (χ0) is 18.8. The number of carboxylic acids is 1. The van der Waals surface area contributed by atoms with Gasteiger partial charge in [0.2, 0.25) is 0 Å². The maximum absolute atomic E-state index is 12.8. The van der Waals surface area contributed by atoms with E-state index in [0.29, 0.717) is 23.7 Å². The zero-order valence-electron chi connectivity index (χ0n) is 14.7. The van der Waals surface area contributed by atoms with E-state index in [1.54, 1.807) is 16.9 Å². The van der Waals surface area contributed by atoms with E-state index in [-0.39, 0.29) is 16.4 Å². The van der Waals surface area contributed by atoms with E-state index < -0.39 is 16.0 Å². The molecule has 2 N–H and O–H groups in total. The van der Waals surface area contributed by atoms with Crippen molar-refractivity contribution in [2.24, 2.45) is 5.92 Å². The normalized spacial score (nSPS) is 11.9. The maximum atomic E-state index is 12.8. The molecule has 0 atom stereocenters. The van der Waals surface area contributed by atoms with E-state index in [2.05, 4.69) is 9.82 Å². The fourth-order valence-corrected chi connectivity index (χ4v) is 3.90. The second kappa shape index (κ2) is 7.26. The first-order chi connectivity index (χ1) is 11.6. The Labute approximate surface area is 147 Å². The van der Waals surface area contributed by atoms with E-state index in [9.17, 15) is 13.2 Å². The average molecular weight is 365 g/mol. The molecule has 1 aromatic carbocycles. The van der Waals surface area contributed by atoms with Crippen molar-refractivity contribution in [3.63, 3.8) is 0 Å². The molecule has 0 fully saturated rings. The van der Waals surface area contributed by atoms with E-state index in [1.807, 2.05) is 27.7 Å². The molecular weight excluding hydrogens is 342 g/mol. The summed E-state index contributed by atoms with van der Waals surface area (Å²) in [5.74, 6) is -0.862. The van der Waals surface area contributed by atoms with Crippen molar-refractivity contribution in [1.29, 1.82) is 0 Å². The van der Waals surface area contributed by atoms with Crippen LogP contribution in [-0.4, -0.2) is 29.3 Å². The molecule has 0 aliphatic heterocycles. The molecule has 1 aromatic heterocycles. The molecule has 2 rings (SSSR count). The molecule has 0 amide bonds. The standard InChI is InChI=1S/C17H23N3O4S/c1-11(2)9-20-10-14(8-18-20)19-25(23,24)16-7-13(17(21)22)5-6-15(16)12(3)4/h5-8,10-12,19H,9H2,1-4H3,(H,21,22). The third kappa shape index (κ3) is 4.60. The van der Waals surface area contributed by atoms with Gasteiger partial charge in [-0.3, -0.25) is 9.40 Å². The third-order valence-corrected chi connectivity index (χ3v) is 5.05. The van der Waals surface area contributed by atoms with Crippen molar-refractivity contribution in [1.82, 2.24) is 9.78 Å². The first-order valence-corrected chi connectivity index (χ1v) is 9.51. The van der Waals surface area contributed by atoms with Crippen LogP contribution in [0.4, 0.5) is 5.69 Å². The minimum Gasteiger partial charge on any atom is -0.478 e. The number of carbonyl (C=O) groups is 1. The highest BCUT2D eigenvalue weighted by atomic mass is 32.2. The van der Waals surface area contributed by atoms with Crippen LogP contribution in [0.5, 0.6) is 0 Å². The number of sulfonamides is 1. The molecule has 0 bridgehead atoms. The molecule has 7 nitrogen and oxygen atoms in total. The Bertz CT molecular complexity index is 870. The molecule has 0 spiro atoms. The van der Waals surface area contributed by atoms with Crippen molar-refractivity contribution < 1.29 is 18.3 Å². The van der Waals surface area contributed by atoms with Crippen LogP contribution in [0.3, 0.4) is 0 Å². The number of nitrogens with zero attached hydrogens (tertiary/aromatic N) is 2. The molecular formula is C17H23N3O4S. The first-order valence-electron chi connectivity index (χ1n) is 8.02. The number of aromatic carboxylic acids is 1. The smallest absolute Gasteiger partial charge is 0.335 e. The van der Waals surface area contributed by atoms with Gasteiger partial charge in [0.05, 0.1) is 22.3 Å². The monoisotopic (exact) mass is 365 g/mol. The fraction of sp³-hybridized carbons (Fsp3) is 0.412. The molecule has 8 heteroatoms. The van der Waals surface area contributed by atoms with Gasteiger partial charge in [0, 0.05) is 12.7 Å². The van der Waals surface area contributed by atoms with Gasteiger partial charge < -0.3 is 5.11 Å². The highest BCUT2D eigenvalue weighted by molar-refractivity contribution is 7.92. The summed E-state index contributed by atoms with van der Waals surface area (Å²) in [7, 11) is -3.93. The second-order valence-corrected chi connectivity index (χ2v) is 8.31. The van der Waals surface area contributed by atoms with Gasteiger partial charge in [0.25, 0.3) is 10.0 Å². The van der Waals surface area contributed by atoms with Gasteiger partial charge in [-0.15, -0.1) is 0 Å². The van der Waals surface area contributed by atoms with Crippen molar-refractivity contribution >= 4 is 21.7 Å². The summed E-state index contributed by atoms with van der Waals surface area (Å²) in [5.41, 5.74) is 0.837. The lowest BCUT2D eigenvalue weighted by molar-refractivity contribution is 0.0696. The summed E-state index contributed by atoms with van der Waals surface area (Å²) >= 11 is 0. The Kier molecular flexibility index (Phi) is 5.52. The number of aromatic nitrogens is 2. The summed E-state index contributed by atoms with van der Waals surface area (Å²) in [6.07, 6.45) is 3.06. The van der Waals surface area contributed by atoms with Crippen molar-refractivity contribution in [2.75, 3.05) is 4.72 Å². The average Bonchev–Trinajstić information content (AvgIpc) is 2.91. The molecule has 1 heterocycles. The van der Waals surface area contributed by atoms with Gasteiger partial charge in [0.15, 0.2) is 0 Å². The van der Waals surface area contributed by atoms with E-state index in [4.69, 9.17) is 5.11 Å². The van der Waals surface area contributed by atoms with Crippen LogP contribution in [0, 0.1) is 5.92 Å². The summed E-state index contributed by atoms with van der Waals surface area (Å²) in [4.78, 5) is 11.2. The number of anilines is 1. The lowest BCUT2D eigenvalue weighted by Crippen LogP contribution is -2.16. The molecule has 25 heavy (non-hydrogen) atoms. The van der Waals surface area contributed by atoms with Crippen LogP contribution >= 0.6 is 0 Å². The highest BCUT2D eigenvalue weighted by Gasteiger charge is 2.23. The summed E-state index contributed by atoms with van der Waals surface area (Å²) in [6, 6.07) is 4.15. The lowest BCUT2D eigenvalue weighted by Gasteiger charge is -2.14. The molecule has 0 unspecified atom stereocenters. The number of hydrogen-bond donors (Lipinski definition) is 2. The van der Waals surface area contributed by atoms with Crippen molar-refractivity contribution in [3.05, 3.63) is 41.7 Å². The lowest BCUT2D eigenvalue weighted by atomic mass is 10.0. The summed E-state index contributed by atoms with van der Waals surface area (Å²) in [5, 5.41) is 13.3. The Morgan fingerprint density at radius 3 is 2.52 bits per heavy atom. The minimum absolute atomic E-state index is 0.0287. The van der Waals surface area contributed by atoms with E-state index >= 15 is 0 Å². The number of carboxylic acid groups (broad SMARTS) is 1. The SMILES string of the molecule is CC(C)Cn1cc(NS(=O)(=O)c2cc(C(=O)O)ccc2C(C)C)cn1. The van der Waals surface area contributed by atoms with Crippen LogP contribution in [0.1, 0.15) is 49.5 Å². The summed E-state index contributed by atoms with van der Waals surface area (Å²) < 4.78 is 29.7. The molecule has 0 aliphatic carbocycles. The van der Waals surface area contributed by atoms with Gasteiger partial charge in [-0.2, -0.15) is 5.10 Å². The van der Waals surface area contributed by atoms with E-state index in [0.717, 1.165) is 0 Å². The van der Waals surface area contributed by atoms with Crippen LogP contribution in [0.15, 0.2) is 35.5 Å². The summed E-state index contributed by atoms with van der Waals surface area (Å²) in [6.45, 7) is 8.47. The molecule has 2 aromatic rings. The van der Waals surface area contributed by atoms with Gasteiger partial charge in [-0.05, 0) is 29.5 Å². The van der Waals surface area contributed by atoms with Crippen LogP contribution in [-0.2, 0) is 16.6 Å². The predicted octanol–water partition coefficient (Wildman–Crippen LogP) is 3.16. The molecule has 0 aliphatic rings. The molecule has 0 radical (unpaired) electrons. The Morgan fingerprint density at radius 2 is 1.96 bits per heavy atom. The van der Waals surface area contributed by atoms with Crippen molar-refractivity contribution in [3.8, 4) is 0 Å². The Hall–Kier alpha value is -2.35.